The van der Waals surface area contributed by atoms with Crippen LogP contribution in [0.1, 0.15) is 29.5 Å². The van der Waals surface area contributed by atoms with Crippen molar-refractivity contribution in [1.29, 1.82) is 0 Å². The highest BCUT2D eigenvalue weighted by Crippen LogP contribution is 2.31. The maximum absolute atomic E-state index is 11.7. The Morgan fingerprint density at radius 1 is 1.28 bits per heavy atom. The van der Waals surface area contributed by atoms with Gasteiger partial charge < -0.3 is 14.9 Å². The summed E-state index contributed by atoms with van der Waals surface area (Å²) in [4.78, 5) is 22.0. The zero-order valence-corrected chi connectivity index (χ0v) is 13.9. The average Bonchev–Trinajstić information content (AvgIpc) is 2.54. The Morgan fingerprint density at radius 2 is 2.00 bits per heavy atom. The minimum absolute atomic E-state index is 0.0747. The summed E-state index contributed by atoms with van der Waals surface area (Å²) in [6.07, 6.45) is 0.0747. The molecule has 25 heavy (non-hydrogen) atoms. The van der Waals surface area contributed by atoms with E-state index in [0.717, 1.165) is 5.56 Å². The predicted octanol–water partition coefficient (Wildman–Crippen LogP) is 3.42. The van der Waals surface area contributed by atoms with Gasteiger partial charge in [-0.1, -0.05) is 12.1 Å². The van der Waals surface area contributed by atoms with Gasteiger partial charge in [0.2, 0.25) is 0 Å². The molecule has 0 aliphatic rings. The smallest absolute Gasteiger partial charge is 0.311 e. The first kappa shape index (κ1) is 18.3. The minimum atomic E-state index is -1.03. The number of nitrogens with zero attached hydrogens (tertiary/aromatic N) is 1. The van der Waals surface area contributed by atoms with Crippen molar-refractivity contribution in [3.63, 3.8) is 0 Å². The third-order valence-electron chi connectivity index (χ3n) is 3.90. The Kier molecular flexibility index (Phi) is 5.59. The van der Waals surface area contributed by atoms with Crippen LogP contribution < -0.4 is 4.74 Å². The third-order valence-corrected chi connectivity index (χ3v) is 3.90. The Balaban J connectivity index is 2.35. The van der Waals surface area contributed by atoms with Gasteiger partial charge in [-0.2, -0.15) is 0 Å². The molecular weight excluding hydrogens is 326 g/mol. The third kappa shape index (κ3) is 4.26. The molecule has 1 atom stereocenters. The second kappa shape index (κ2) is 7.65. The molecule has 0 saturated heterocycles. The van der Waals surface area contributed by atoms with Gasteiger partial charge in [-0.3, -0.25) is 14.9 Å². The second-order valence-electron chi connectivity index (χ2n) is 5.63. The van der Waals surface area contributed by atoms with Crippen LogP contribution in [0.15, 0.2) is 36.4 Å². The number of carboxylic acid groups (broad SMARTS) is 1. The largest absolute Gasteiger partial charge is 0.502 e. The van der Waals surface area contributed by atoms with Crippen LogP contribution in [0, 0.1) is 17.0 Å². The van der Waals surface area contributed by atoms with Crippen molar-refractivity contribution in [2.24, 2.45) is 0 Å². The lowest BCUT2D eigenvalue weighted by molar-refractivity contribution is -0.385. The van der Waals surface area contributed by atoms with Crippen molar-refractivity contribution in [2.45, 2.75) is 26.2 Å². The number of phenolic OH excluding ortho intramolecular Hbond substituents is 1. The molecule has 0 amide bonds. The zero-order chi connectivity index (χ0) is 18.6. The molecule has 0 saturated carbocycles. The number of ether oxygens (including phenoxy) is 1. The van der Waals surface area contributed by atoms with E-state index < -0.39 is 28.2 Å². The Morgan fingerprint density at radius 3 is 2.56 bits per heavy atom. The average molecular weight is 345 g/mol. The molecular formula is C18H19NO6. The maximum Gasteiger partial charge on any atom is 0.311 e. The summed E-state index contributed by atoms with van der Waals surface area (Å²) in [5.41, 5.74) is 1.41. The number of aliphatic carboxylic acids is 1. The van der Waals surface area contributed by atoms with E-state index >= 15 is 0 Å². The van der Waals surface area contributed by atoms with Gasteiger partial charge in [0, 0.05) is 6.07 Å². The number of aryl methyl sites for hydroxylation is 1. The Bertz CT molecular complexity index is 802. The van der Waals surface area contributed by atoms with Gasteiger partial charge in [0.25, 0.3) is 0 Å². The molecule has 0 aliphatic heterocycles. The standard InChI is InChI=1S/C18H19NO6/c1-3-25-13-5-6-14(11(2)8-13)15(18(21)22)9-12-4-7-17(20)16(10-12)19(23)24/h4-8,10,15,20H,3,9H2,1-2H3,(H,21,22). The summed E-state index contributed by atoms with van der Waals surface area (Å²) in [6.45, 7) is 4.17. The van der Waals surface area contributed by atoms with Gasteiger partial charge in [-0.05, 0) is 55.2 Å². The van der Waals surface area contributed by atoms with Crippen molar-refractivity contribution in [1.82, 2.24) is 0 Å². The van der Waals surface area contributed by atoms with E-state index in [2.05, 4.69) is 0 Å². The molecule has 7 nitrogen and oxygen atoms in total. The molecule has 0 heterocycles. The molecule has 0 fully saturated rings. The van der Waals surface area contributed by atoms with Crippen molar-refractivity contribution in [3.8, 4) is 11.5 Å². The highest BCUT2D eigenvalue weighted by molar-refractivity contribution is 5.77. The fraction of sp³-hybridized carbons (Fsp3) is 0.278. The number of nitro benzene ring substituents is 1. The number of carbonyl (C=O) groups is 1. The lowest BCUT2D eigenvalue weighted by Crippen LogP contribution is -2.16. The van der Waals surface area contributed by atoms with Crippen molar-refractivity contribution >= 4 is 11.7 Å². The van der Waals surface area contributed by atoms with E-state index in [4.69, 9.17) is 4.74 Å². The van der Waals surface area contributed by atoms with Gasteiger partial charge in [0.05, 0.1) is 17.4 Å². The molecule has 0 radical (unpaired) electrons. The fourth-order valence-electron chi connectivity index (χ4n) is 2.70. The van der Waals surface area contributed by atoms with Gasteiger partial charge in [-0.15, -0.1) is 0 Å². The molecule has 2 rings (SSSR count). The van der Waals surface area contributed by atoms with Crippen molar-refractivity contribution in [3.05, 3.63) is 63.2 Å². The van der Waals surface area contributed by atoms with Crippen LogP contribution in [0.3, 0.4) is 0 Å². The van der Waals surface area contributed by atoms with Crippen LogP contribution in [0.4, 0.5) is 5.69 Å². The van der Waals surface area contributed by atoms with Crippen LogP contribution in [0.25, 0.3) is 0 Å². The number of rotatable bonds is 7. The van der Waals surface area contributed by atoms with E-state index in [9.17, 15) is 25.1 Å². The van der Waals surface area contributed by atoms with E-state index in [1.807, 2.05) is 6.92 Å². The van der Waals surface area contributed by atoms with E-state index in [-0.39, 0.29) is 6.42 Å². The molecule has 2 N–H and O–H groups in total. The minimum Gasteiger partial charge on any atom is -0.502 e. The first-order valence-corrected chi connectivity index (χ1v) is 7.76. The summed E-state index contributed by atoms with van der Waals surface area (Å²) < 4.78 is 5.41. The topological polar surface area (TPSA) is 110 Å². The van der Waals surface area contributed by atoms with E-state index in [1.165, 1.54) is 18.2 Å². The van der Waals surface area contributed by atoms with Crippen LogP contribution in [-0.2, 0) is 11.2 Å². The highest BCUT2D eigenvalue weighted by Gasteiger charge is 2.24. The molecule has 0 spiro atoms. The summed E-state index contributed by atoms with van der Waals surface area (Å²) >= 11 is 0. The summed E-state index contributed by atoms with van der Waals surface area (Å²) in [6, 6.07) is 9.08. The van der Waals surface area contributed by atoms with Crippen molar-refractivity contribution in [2.75, 3.05) is 6.61 Å². The number of phenols is 1. The molecule has 0 aliphatic carbocycles. The summed E-state index contributed by atoms with van der Waals surface area (Å²) in [5, 5.41) is 30.1. The number of hydrogen-bond donors (Lipinski definition) is 2. The van der Waals surface area contributed by atoms with Crippen LogP contribution >= 0.6 is 0 Å². The highest BCUT2D eigenvalue weighted by atomic mass is 16.6. The molecule has 2 aromatic rings. The van der Waals surface area contributed by atoms with Crippen LogP contribution in [-0.4, -0.2) is 27.7 Å². The number of benzene rings is 2. The van der Waals surface area contributed by atoms with Gasteiger partial charge >= 0.3 is 11.7 Å². The first-order valence-electron chi connectivity index (χ1n) is 7.76. The van der Waals surface area contributed by atoms with Gasteiger partial charge in [-0.25, -0.2) is 0 Å². The van der Waals surface area contributed by atoms with Gasteiger partial charge in [0.1, 0.15) is 5.75 Å². The molecule has 0 bridgehead atoms. The Labute approximate surface area is 144 Å². The second-order valence-corrected chi connectivity index (χ2v) is 5.63. The van der Waals surface area contributed by atoms with E-state index in [0.29, 0.717) is 23.5 Å². The summed E-state index contributed by atoms with van der Waals surface area (Å²) in [5.74, 6) is -1.67. The number of nitro groups is 1. The van der Waals surface area contributed by atoms with Crippen molar-refractivity contribution < 1.29 is 24.7 Å². The molecule has 7 heteroatoms. The Hall–Kier alpha value is -3.09. The van der Waals surface area contributed by atoms with Gasteiger partial charge in [0.15, 0.2) is 5.75 Å². The van der Waals surface area contributed by atoms with Crippen LogP contribution in [0.2, 0.25) is 0 Å². The first-order chi connectivity index (χ1) is 11.8. The number of hydrogen-bond acceptors (Lipinski definition) is 5. The number of carboxylic acids is 1. The molecule has 132 valence electrons. The summed E-state index contributed by atoms with van der Waals surface area (Å²) in [7, 11) is 0. The quantitative estimate of drug-likeness (QED) is 0.588. The monoisotopic (exact) mass is 345 g/mol. The van der Waals surface area contributed by atoms with Crippen LogP contribution in [0.5, 0.6) is 11.5 Å². The predicted molar refractivity (Wildman–Crippen MR) is 91.2 cm³/mol. The lowest BCUT2D eigenvalue weighted by atomic mass is 9.89. The number of aromatic hydroxyl groups is 1. The normalized spacial score (nSPS) is 11.8. The molecule has 2 aromatic carbocycles. The lowest BCUT2D eigenvalue weighted by Gasteiger charge is -2.16. The molecule has 0 aromatic heterocycles. The maximum atomic E-state index is 11.7. The SMILES string of the molecule is CCOc1ccc(C(Cc2ccc(O)c([N+](=O)[O-])c2)C(=O)O)c(C)c1. The fourth-order valence-corrected chi connectivity index (χ4v) is 2.70. The van der Waals surface area contributed by atoms with E-state index in [1.54, 1.807) is 25.1 Å². The molecule has 1 unspecified atom stereocenters. The zero-order valence-electron chi connectivity index (χ0n) is 13.9.